The van der Waals surface area contributed by atoms with E-state index < -0.39 is 11.4 Å². The zero-order chi connectivity index (χ0) is 10.3. The molecule has 0 aliphatic heterocycles. The van der Waals surface area contributed by atoms with Crippen LogP contribution >= 0.6 is 0 Å². The number of aromatic amines is 1. The first kappa shape index (κ1) is 8.74. The predicted octanol–water partition coefficient (Wildman–Crippen LogP) is 1.68. The molecule has 2 aromatic rings. The molecule has 1 aromatic heterocycles. The van der Waals surface area contributed by atoms with Crippen molar-refractivity contribution in [3.63, 3.8) is 0 Å². The van der Waals surface area contributed by atoms with Crippen molar-refractivity contribution in [1.29, 1.82) is 0 Å². The number of nitrogens with one attached hydrogen (secondary N) is 1. The van der Waals surface area contributed by atoms with E-state index in [1.165, 1.54) is 19.1 Å². The molecule has 2 N–H and O–H groups in total. The van der Waals surface area contributed by atoms with Gasteiger partial charge in [0, 0.05) is 0 Å². The molecule has 0 aliphatic rings. The van der Waals surface area contributed by atoms with Crippen molar-refractivity contribution in [2.24, 2.45) is 0 Å². The van der Waals surface area contributed by atoms with Crippen LogP contribution in [0.3, 0.4) is 0 Å². The van der Waals surface area contributed by atoms with Gasteiger partial charge in [-0.2, -0.15) is 0 Å². The van der Waals surface area contributed by atoms with E-state index in [0.29, 0.717) is 5.52 Å². The summed E-state index contributed by atoms with van der Waals surface area (Å²) in [6.07, 6.45) is 0. The Balaban J connectivity index is 3.07. The van der Waals surface area contributed by atoms with Crippen molar-refractivity contribution in [3.05, 3.63) is 39.9 Å². The largest absolute Gasteiger partial charge is 0.507 e. The summed E-state index contributed by atoms with van der Waals surface area (Å²) in [6.45, 7) is 1.44. The van der Waals surface area contributed by atoms with Crippen LogP contribution < -0.4 is 5.56 Å². The Hall–Kier alpha value is -1.84. The van der Waals surface area contributed by atoms with Gasteiger partial charge in [0.15, 0.2) is 0 Å². The topological polar surface area (TPSA) is 53.1 Å². The molecule has 72 valence electrons. The van der Waals surface area contributed by atoms with E-state index in [2.05, 4.69) is 4.98 Å². The standard InChI is InChI=1S/C10H8FNO2/c1-5-9(13)8-6(11)3-2-4-7(8)12-10(5)14/h2-4H,1H3,(H2,12,13,14). The number of hydrogen-bond acceptors (Lipinski definition) is 2. The molecule has 1 aromatic carbocycles. The summed E-state index contributed by atoms with van der Waals surface area (Å²) in [4.78, 5) is 13.7. The van der Waals surface area contributed by atoms with Crippen molar-refractivity contribution in [3.8, 4) is 5.75 Å². The van der Waals surface area contributed by atoms with E-state index in [-0.39, 0.29) is 16.7 Å². The number of hydrogen-bond donors (Lipinski definition) is 2. The van der Waals surface area contributed by atoms with Gasteiger partial charge in [0.1, 0.15) is 11.6 Å². The third kappa shape index (κ3) is 1.08. The Morgan fingerprint density at radius 1 is 1.43 bits per heavy atom. The van der Waals surface area contributed by atoms with Gasteiger partial charge in [0.25, 0.3) is 5.56 Å². The van der Waals surface area contributed by atoms with Gasteiger partial charge in [-0.25, -0.2) is 4.39 Å². The molecule has 0 saturated carbocycles. The van der Waals surface area contributed by atoms with Crippen molar-refractivity contribution in [2.75, 3.05) is 0 Å². The smallest absolute Gasteiger partial charge is 0.255 e. The number of aromatic hydroxyl groups is 1. The molecule has 0 radical (unpaired) electrons. The lowest BCUT2D eigenvalue weighted by atomic mass is 10.1. The molecule has 0 atom stereocenters. The van der Waals surface area contributed by atoms with Gasteiger partial charge in [0.05, 0.1) is 16.5 Å². The highest BCUT2D eigenvalue weighted by Crippen LogP contribution is 2.26. The van der Waals surface area contributed by atoms with Crippen molar-refractivity contribution in [2.45, 2.75) is 6.92 Å². The molecule has 0 bridgehead atoms. The van der Waals surface area contributed by atoms with Gasteiger partial charge in [-0.05, 0) is 19.1 Å². The number of H-pyrrole nitrogens is 1. The second-order valence-corrected chi connectivity index (χ2v) is 3.09. The Labute approximate surface area is 78.8 Å². The number of rotatable bonds is 0. The number of benzene rings is 1. The normalized spacial score (nSPS) is 10.7. The maximum absolute atomic E-state index is 13.3. The molecule has 0 fully saturated rings. The first-order chi connectivity index (χ1) is 6.61. The molecule has 0 aliphatic carbocycles. The summed E-state index contributed by atoms with van der Waals surface area (Å²) < 4.78 is 13.3. The molecular formula is C10H8FNO2. The molecule has 0 unspecified atom stereocenters. The number of fused-ring (bicyclic) bond motifs is 1. The summed E-state index contributed by atoms with van der Waals surface area (Å²) in [5.74, 6) is -0.832. The van der Waals surface area contributed by atoms with Crippen LogP contribution in [0.25, 0.3) is 10.9 Å². The summed E-state index contributed by atoms with van der Waals surface area (Å²) in [6, 6.07) is 4.25. The van der Waals surface area contributed by atoms with Crippen LogP contribution in [0.4, 0.5) is 4.39 Å². The van der Waals surface area contributed by atoms with Gasteiger partial charge >= 0.3 is 0 Å². The van der Waals surface area contributed by atoms with Crippen molar-refractivity contribution >= 4 is 10.9 Å². The fraction of sp³-hybridized carbons (Fsp3) is 0.100. The number of pyridine rings is 1. The zero-order valence-electron chi connectivity index (χ0n) is 7.47. The van der Waals surface area contributed by atoms with E-state index >= 15 is 0 Å². The Morgan fingerprint density at radius 3 is 2.86 bits per heavy atom. The van der Waals surface area contributed by atoms with Crippen LogP contribution in [0.15, 0.2) is 23.0 Å². The minimum absolute atomic E-state index is 0.0598. The van der Waals surface area contributed by atoms with E-state index in [9.17, 15) is 14.3 Å². The fourth-order valence-electron chi connectivity index (χ4n) is 1.38. The van der Waals surface area contributed by atoms with Gasteiger partial charge in [-0.15, -0.1) is 0 Å². The summed E-state index contributed by atoms with van der Waals surface area (Å²) in [7, 11) is 0. The molecule has 0 amide bonds. The fourth-order valence-corrected chi connectivity index (χ4v) is 1.38. The quantitative estimate of drug-likeness (QED) is 0.668. The Kier molecular flexibility index (Phi) is 1.77. The third-order valence-electron chi connectivity index (χ3n) is 2.19. The van der Waals surface area contributed by atoms with Gasteiger partial charge in [-0.3, -0.25) is 4.79 Å². The summed E-state index contributed by atoms with van der Waals surface area (Å²) in [5, 5.41) is 9.62. The van der Waals surface area contributed by atoms with E-state index in [4.69, 9.17) is 0 Å². The highest BCUT2D eigenvalue weighted by molar-refractivity contribution is 5.86. The molecule has 0 saturated heterocycles. The monoisotopic (exact) mass is 193 g/mol. The molecule has 14 heavy (non-hydrogen) atoms. The van der Waals surface area contributed by atoms with Crippen LogP contribution in [0.2, 0.25) is 0 Å². The molecule has 1 heterocycles. The highest BCUT2D eigenvalue weighted by atomic mass is 19.1. The lowest BCUT2D eigenvalue weighted by molar-refractivity contribution is 0.473. The molecule has 3 nitrogen and oxygen atoms in total. The average molecular weight is 193 g/mol. The molecule has 4 heteroatoms. The van der Waals surface area contributed by atoms with Gasteiger partial charge in [-0.1, -0.05) is 6.07 Å². The SMILES string of the molecule is Cc1c(O)c2c(F)cccc2[nH]c1=O. The Bertz CT molecular complexity index is 560. The Morgan fingerprint density at radius 2 is 2.14 bits per heavy atom. The van der Waals surface area contributed by atoms with E-state index in [1.54, 1.807) is 6.07 Å². The maximum atomic E-state index is 13.3. The van der Waals surface area contributed by atoms with Gasteiger partial charge < -0.3 is 10.1 Å². The minimum atomic E-state index is -0.542. The second-order valence-electron chi connectivity index (χ2n) is 3.09. The van der Waals surface area contributed by atoms with Crippen molar-refractivity contribution < 1.29 is 9.50 Å². The van der Waals surface area contributed by atoms with Crippen molar-refractivity contribution in [1.82, 2.24) is 4.98 Å². The minimum Gasteiger partial charge on any atom is -0.507 e. The highest BCUT2D eigenvalue weighted by Gasteiger charge is 2.10. The molecular weight excluding hydrogens is 185 g/mol. The lowest BCUT2D eigenvalue weighted by Crippen LogP contribution is -2.09. The van der Waals surface area contributed by atoms with Crippen LogP contribution in [0.5, 0.6) is 5.75 Å². The molecule has 2 rings (SSSR count). The summed E-state index contributed by atoms with van der Waals surface area (Å²) >= 11 is 0. The first-order valence-electron chi connectivity index (χ1n) is 4.11. The van der Waals surface area contributed by atoms with Gasteiger partial charge in [0.2, 0.25) is 0 Å². The number of halogens is 1. The summed E-state index contributed by atoms with van der Waals surface area (Å²) in [5.41, 5.74) is 0.0290. The van der Waals surface area contributed by atoms with E-state index in [0.717, 1.165) is 0 Å². The second kappa shape index (κ2) is 2.83. The first-order valence-corrected chi connectivity index (χ1v) is 4.11. The third-order valence-corrected chi connectivity index (χ3v) is 2.19. The van der Waals surface area contributed by atoms with Crippen LogP contribution in [0.1, 0.15) is 5.56 Å². The number of aromatic nitrogens is 1. The predicted molar refractivity (Wildman–Crippen MR) is 50.9 cm³/mol. The molecule has 0 spiro atoms. The van der Waals surface area contributed by atoms with E-state index in [1.807, 2.05) is 0 Å². The maximum Gasteiger partial charge on any atom is 0.255 e. The lowest BCUT2D eigenvalue weighted by Gasteiger charge is -2.03. The van der Waals surface area contributed by atoms with Crippen LogP contribution in [-0.4, -0.2) is 10.1 Å². The van der Waals surface area contributed by atoms with Crippen LogP contribution in [-0.2, 0) is 0 Å². The van der Waals surface area contributed by atoms with Crippen LogP contribution in [0, 0.1) is 12.7 Å². The zero-order valence-corrected chi connectivity index (χ0v) is 7.47. The average Bonchev–Trinajstić information content (AvgIpc) is 2.14.